The van der Waals surface area contributed by atoms with Crippen LogP contribution in [0.5, 0.6) is 0 Å². The Labute approximate surface area is 198 Å². The van der Waals surface area contributed by atoms with Crippen molar-refractivity contribution >= 4 is 34.1 Å². The van der Waals surface area contributed by atoms with Crippen LogP contribution in [0.3, 0.4) is 0 Å². The van der Waals surface area contributed by atoms with Crippen molar-refractivity contribution in [3.8, 4) is 0 Å². The van der Waals surface area contributed by atoms with Crippen LogP contribution in [0, 0.1) is 0 Å². The SMILES string of the molecule is O=C(CN(C(=O)c1ccc2cc[nH]c2c1)c1ccccc1)N1CCC(Nc2ccncc2)CC1. The van der Waals surface area contributed by atoms with Gasteiger partial charge in [-0.3, -0.25) is 19.5 Å². The second-order valence-corrected chi connectivity index (χ2v) is 8.54. The lowest BCUT2D eigenvalue weighted by molar-refractivity contribution is -0.130. The van der Waals surface area contributed by atoms with E-state index in [9.17, 15) is 9.59 Å². The number of likely N-dealkylation sites (tertiary alicyclic amines) is 1. The number of anilines is 2. The summed E-state index contributed by atoms with van der Waals surface area (Å²) >= 11 is 0. The van der Waals surface area contributed by atoms with E-state index in [4.69, 9.17) is 0 Å². The van der Waals surface area contributed by atoms with Gasteiger partial charge in [0.05, 0.1) is 0 Å². The molecule has 34 heavy (non-hydrogen) atoms. The van der Waals surface area contributed by atoms with Crippen LogP contribution in [0.2, 0.25) is 0 Å². The summed E-state index contributed by atoms with van der Waals surface area (Å²) in [7, 11) is 0. The highest BCUT2D eigenvalue weighted by molar-refractivity contribution is 6.10. The van der Waals surface area contributed by atoms with Gasteiger partial charge in [0, 0.05) is 60.2 Å². The summed E-state index contributed by atoms with van der Waals surface area (Å²) in [6.45, 7) is 1.33. The number of para-hydroxylation sites is 1. The van der Waals surface area contributed by atoms with E-state index in [-0.39, 0.29) is 18.4 Å². The number of nitrogens with one attached hydrogen (secondary N) is 2. The van der Waals surface area contributed by atoms with E-state index in [2.05, 4.69) is 15.3 Å². The zero-order valence-electron chi connectivity index (χ0n) is 18.9. The quantitative estimate of drug-likeness (QED) is 0.456. The molecule has 0 aliphatic carbocycles. The molecule has 5 rings (SSSR count). The molecule has 2 N–H and O–H groups in total. The predicted octanol–water partition coefficient (Wildman–Crippen LogP) is 4.31. The lowest BCUT2D eigenvalue weighted by atomic mass is 10.0. The fourth-order valence-corrected chi connectivity index (χ4v) is 4.42. The fourth-order valence-electron chi connectivity index (χ4n) is 4.42. The molecule has 2 aromatic heterocycles. The van der Waals surface area contributed by atoms with Gasteiger partial charge in [-0.2, -0.15) is 0 Å². The van der Waals surface area contributed by atoms with Gasteiger partial charge in [-0.15, -0.1) is 0 Å². The van der Waals surface area contributed by atoms with Crippen molar-refractivity contribution in [3.05, 3.63) is 90.9 Å². The van der Waals surface area contributed by atoms with Crippen LogP contribution in [0.1, 0.15) is 23.2 Å². The van der Waals surface area contributed by atoms with E-state index in [0.717, 1.165) is 29.4 Å². The highest BCUT2D eigenvalue weighted by atomic mass is 16.2. The van der Waals surface area contributed by atoms with Crippen molar-refractivity contribution in [2.24, 2.45) is 0 Å². The molecular weight excluding hydrogens is 426 g/mol. The monoisotopic (exact) mass is 453 g/mol. The standard InChI is InChI=1S/C27H27N5O2/c33-26(31-16-11-23(12-17-31)30-22-9-13-28-14-10-22)19-32(24-4-2-1-3-5-24)27(34)21-7-6-20-8-15-29-25(20)18-21/h1-10,13-15,18,23,29H,11-12,16-17,19H2,(H,28,30). The third-order valence-corrected chi connectivity index (χ3v) is 6.31. The zero-order valence-corrected chi connectivity index (χ0v) is 18.9. The molecule has 0 atom stereocenters. The van der Waals surface area contributed by atoms with Crippen molar-refractivity contribution in [2.75, 3.05) is 29.9 Å². The second kappa shape index (κ2) is 9.79. The number of hydrogen-bond donors (Lipinski definition) is 2. The molecule has 2 aromatic carbocycles. The number of benzene rings is 2. The average molecular weight is 454 g/mol. The number of carbonyl (C=O) groups excluding carboxylic acids is 2. The molecule has 0 bridgehead atoms. The van der Waals surface area contributed by atoms with Gasteiger partial charge in [-0.05, 0) is 60.7 Å². The van der Waals surface area contributed by atoms with Crippen LogP contribution in [0.15, 0.2) is 85.3 Å². The maximum atomic E-state index is 13.5. The molecule has 1 saturated heterocycles. The number of pyridine rings is 1. The van der Waals surface area contributed by atoms with Crippen molar-refractivity contribution in [2.45, 2.75) is 18.9 Å². The summed E-state index contributed by atoms with van der Waals surface area (Å²) in [6.07, 6.45) is 7.10. The molecule has 172 valence electrons. The van der Waals surface area contributed by atoms with Gasteiger partial charge < -0.3 is 15.2 Å². The first-order valence-corrected chi connectivity index (χ1v) is 11.6. The zero-order chi connectivity index (χ0) is 23.3. The first-order chi connectivity index (χ1) is 16.7. The number of hydrogen-bond acceptors (Lipinski definition) is 4. The Morgan fingerprint density at radius 1 is 1.00 bits per heavy atom. The number of H-pyrrole nitrogens is 1. The summed E-state index contributed by atoms with van der Waals surface area (Å²) in [5, 5.41) is 4.56. The molecule has 0 radical (unpaired) electrons. The Balaban J connectivity index is 1.28. The van der Waals surface area contributed by atoms with Gasteiger partial charge >= 0.3 is 0 Å². The molecule has 3 heterocycles. The van der Waals surface area contributed by atoms with Gasteiger partial charge in [0.25, 0.3) is 5.91 Å². The number of aromatic nitrogens is 2. The van der Waals surface area contributed by atoms with Gasteiger partial charge in [0.15, 0.2) is 0 Å². The lowest BCUT2D eigenvalue weighted by Gasteiger charge is -2.34. The Hall–Kier alpha value is -4.13. The largest absolute Gasteiger partial charge is 0.382 e. The number of nitrogens with zero attached hydrogens (tertiary/aromatic N) is 3. The van der Waals surface area contributed by atoms with Crippen LogP contribution in [0.25, 0.3) is 10.9 Å². The Bertz CT molecular complexity index is 1260. The molecular formula is C27H27N5O2. The van der Waals surface area contributed by atoms with Crippen LogP contribution in [-0.2, 0) is 4.79 Å². The maximum Gasteiger partial charge on any atom is 0.258 e. The number of rotatable bonds is 6. The number of piperidine rings is 1. The third-order valence-electron chi connectivity index (χ3n) is 6.31. The van der Waals surface area contributed by atoms with Crippen molar-refractivity contribution in [3.63, 3.8) is 0 Å². The van der Waals surface area contributed by atoms with Crippen molar-refractivity contribution in [1.29, 1.82) is 0 Å². The highest BCUT2D eigenvalue weighted by Crippen LogP contribution is 2.22. The summed E-state index contributed by atoms with van der Waals surface area (Å²) in [5.41, 5.74) is 3.20. The Kier molecular flexibility index (Phi) is 6.25. The summed E-state index contributed by atoms with van der Waals surface area (Å²) in [5.74, 6) is -0.231. The smallest absolute Gasteiger partial charge is 0.258 e. The lowest BCUT2D eigenvalue weighted by Crippen LogP contribution is -2.47. The summed E-state index contributed by atoms with van der Waals surface area (Å²) in [6, 6.07) is 21.1. The predicted molar refractivity (Wildman–Crippen MR) is 134 cm³/mol. The van der Waals surface area contributed by atoms with Crippen LogP contribution < -0.4 is 10.2 Å². The molecule has 0 saturated carbocycles. The minimum atomic E-state index is -0.190. The van der Waals surface area contributed by atoms with Crippen LogP contribution in [0.4, 0.5) is 11.4 Å². The van der Waals surface area contributed by atoms with E-state index in [1.807, 2.05) is 77.8 Å². The third kappa shape index (κ3) is 4.78. The van der Waals surface area contributed by atoms with Crippen molar-refractivity contribution in [1.82, 2.24) is 14.9 Å². The van der Waals surface area contributed by atoms with E-state index < -0.39 is 0 Å². The molecule has 7 nitrogen and oxygen atoms in total. The number of fused-ring (bicyclic) bond motifs is 1. The van der Waals surface area contributed by atoms with E-state index >= 15 is 0 Å². The first-order valence-electron chi connectivity index (χ1n) is 11.6. The van der Waals surface area contributed by atoms with E-state index in [1.54, 1.807) is 17.3 Å². The van der Waals surface area contributed by atoms with Gasteiger partial charge in [-0.25, -0.2) is 0 Å². The molecule has 0 spiro atoms. The minimum absolute atomic E-state index is 0.00800. The molecule has 0 unspecified atom stereocenters. The molecule has 7 heteroatoms. The Morgan fingerprint density at radius 2 is 1.76 bits per heavy atom. The van der Waals surface area contributed by atoms with E-state index in [0.29, 0.717) is 30.4 Å². The molecule has 1 fully saturated rings. The number of amides is 2. The topological polar surface area (TPSA) is 81.3 Å². The first kappa shape index (κ1) is 21.7. The van der Waals surface area contributed by atoms with Crippen LogP contribution >= 0.6 is 0 Å². The summed E-state index contributed by atoms with van der Waals surface area (Å²) in [4.78, 5) is 37.4. The molecule has 2 amide bonds. The average Bonchev–Trinajstić information content (AvgIpc) is 3.36. The van der Waals surface area contributed by atoms with Gasteiger partial charge in [-0.1, -0.05) is 24.3 Å². The molecule has 4 aromatic rings. The molecule has 1 aliphatic heterocycles. The Morgan fingerprint density at radius 3 is 2.53 bits per heavy atom. The van der Waals surface area contributed by atoms with Gasteiger partial charge in [0.1, 0.15) is 6.54 Å². The fraction of sp³-hybridized carbons (Fsp3) is 0.222. The minimum Gasteiger partial charge on any atom is -0.382 e. The van der Waals surface area contributed by atoms with Crippen molar-refractivity contribution < 1.29 is 9.59 Å². The normalized spacial score (nSPS) is 14.2. The second-order valence-electron chi connectivity index (χ2n) is 8.54. The van der Waals surface area contributed by atoms with Gasteiger partial charge in [0.2, 0.25) is 5.91 Å². The van der Waals surface area contributed by atoms with Crippen LogP contribution in [-0.4, -0.2) is 52.4 Å². The van der Waals surface area contributed by atoms with E-state index in [1.165, 1.54) is 0 Å². The number of carbonyl (C=O) groups is 2. The maximum absolute atomic E-state index is 13.5. The molecule has 1 aliphatic rings. The summed E-state index contributed by atoms with van der Waals surface area (Å²) < 4.78 is 0. The highest BCUT2D eigenvalue weighted by Gasteiger charge is 2.27. The number of aromatic amines is 1.